The molecule has 1 saturated carbocycles. The molecule has 0 bridgehead atoms. The van der Waals surface area contributed by atoms with Crippen molar-refractivity contribution in [3.63, 3.8) is 0 Å². The normalized spacial score (nSPS) is 23.0. The molecule has 5 nitrogen and oxygen atoms in total. The summed E-state index contributed by atoms with van der Waals surface area (Å²) in [5.74, 6) is 0.481. The van der Waals surface area contributed by atoms with Gasteiger partial charge in [-0.3, -0.25) is 0 Å². The van der Waals surface area contributed by atoms with Crippen LogP contribution in [0.2, 0.25) is 0 Å². The second-order valence-electron chi connectivity index (χ2n) is 6.92. The van der Waals surface area contributed by atoms with Crippen LogP contribution < -0.4 is 15.5 Å². The van der Waals surface area contributed by atoms with Crippen molar-refractivity contribution in [1.82, 2.24) is 10.6 Å². The van der Waals surface area contributed by atoms with Crippen molar-refractivity contribution < 1.29 is 9.90 Å². The number of aliphatic hydroxyl groups is 1. The van der Waals surface area contributed by atoms with Crippen molar-refractivity contribution in [3.05, 3.63) is 30.3 Å². The number of benzene rings is 1. The van der Waals surface area contributed by atoms with Crippen LogP contribution in [0.5, 0.6) is 0 Å². The van der Waals surface area contributed by atoms with Crippen LogP contribution in [-0.4, -0.2) is 42.9 Å². The number of aliphatic hydroxyl groups excluding tert-OH is 1. The predicted octanol–water partition coefficient (Wildman–Crippen LogP) is 2.12. The summed E-state index contributed by atoms with van der Waals surface area (Å²) < 4.78 is 0. The van der Waals surface area contributed by atoms with Gasteiger partial charge in [-0.15, -0.1) is 0 Å². The summed E-state index contributed by atoms with van der Waals surface area (Å²) in [6, 6.07) is 10.3. The first-order valence-electron chi connectivity index (χ1n) is 8.68. The molecule has 0 radical (unpaired) electrons. The van der Waals surface area contributed by atoms with Crippen LogP contribution in [0.1, 0.15) is 32.1 Å². The number of urea groups is 1. The Balaban J connectivity index is 1.43. The summed E-state index contributed by atoms with van der Waals surface area (Å²) in [7, 11) is 0. The lowest BCUT2D eigenvalue weighted by Crippen LogP contribution is -2.53. The maximum absolute atomic E-state index is 12.1. The molecule has 0 aromatic heterocycles. The van der Waals surface area contributed by atoms with Gasteiger partial charge in [-0.05, 0) is 37.3 Å². The third-order valence-corrected chi connectivity index (χ3v) is 5.20. The SMILES string of the molecule is O=C(NCC1CCN(c2ccccc2)C1)NC1(CO)CCCC1. The van der Waals surface area contributed by atoms with Crippen LogP contribution in [0, 0.1) is 5.92 Å². The Morgan fingerprint density at radius 3 is 2.70 bits per heavy atom. The van der Waals surface area contributed by atoms with E-state index in [1.54, 1.807) is 0 Å². The highest BCUT2D eigenvalue weighted by atomic mass is 16.3. The zero-order valence-corrected chi connectivity index (χ0v) is 13.6. The monoisotopic (exact) mass is 317 g/mol. The fraction of sp³-hybridized carbons (Fsp3) is 0.611. The highest BCUT2D eigenvalue weighted by Gasteiger charge is 2.34. The summed E-state index contributed by atoms with van der Waals surface area (Å²) in [6.07, 6.45) is 5.01. The van der Waals surface area contributed by atoms with Gasteiger partial charge >= 0.3 is 6.03 Å². The largest absolute Gasteiger partial charge is 0.394 e. The molecular weight excluding hydrogens is 290 g/mol. The van der Waals surface area contributed by atoms with Crippen molar-refractivity contribution in [2.24, 2.45) is 5.92 Å². The van der Waals surface area contributed by atoms with E-state index in [1.165, 1.54) is 5.69 Å². The van der Waals surface area contributed by atoms with Gasteiger partial charge in [0.05, 0.1) is 12.1 Å². The zero-order valence-electron chi connectivity index (χ0n) is 13.6. The third-order valence-electron chi connectivity index (χ3n) is 5.20. The third kappa shape index (κ3) is 3.96. The van der Waals surface area contributed by atoms with Gasteiger partial charge in [-0.1, -0.05) is 31.0 Å². The van der Waals surface area contributed by atoms with E-state index in [0.29, 0.717) is 12.5 Å². The highest BCUT2D eigenvalue weighted by Crippen LogP contribution is 2.29. The number of amides is 2. The number of carbonyl (C=O) groups is 1. The molecular formula is C18H27N3O2. The van der Waals surface area contributed by atoms with Gasteiger partial charge in [0.25, 0.3) is 0 Å². The summed E-state index contributed by atoms with van der Waals surface area (Å²) in [5.41, 5.74) is 0.861. The van der Waals surface area contributed by atoms with Crippen LogP contribution in [0.15, 0.2) is 30.3 Å². The average molecular weight is 317 g/mol. The highest BCUT2D eigenvalue weighted by molar-refractivity contribution is 5.74. The fourth-order valence-electron chi connectivity index (χ4n) is 3.77. The fourth-order valence-corrected chi connectivity index (χ4v) is 3.77. The number of para-hydroxylation sites is 1. The number of nitrogens with one attached hydrogen (secondary N) is 2. The molecule has 1 heterocycles. The molecule has 3 rings (SSSR count). The van der Waals surface area contributed by atoms with Gasteiger partial charge in [0.2, 0.25) is 0 Å². The number of nitrogens with zero attached hydrogens (tertiary/aromatic N) is 1. The van der Waals surface area contributed by atoms with E-state index in [1.807, 2.05) is 6.07 Å². The Bertz CT molecular complexity index is 514. The Kier molecular flexibility index (Phi) is 5.06. The molecule has 1 aromatic rings. The Morgan fingerprint density at radius 2 is 2.00 bits per heavy atom. The molecule has 5 heteroatoms. The van der Waals surface area contributed by atoms with E-state index in [0.717, 1.165) is 45.2 Å². The minimum atomic E-state index is -0.393. The lowest BCUT2D eigenvalue weighted by atomic mass is 9.99. The molecule has 1 aromatic carbocycles. The zero-order chi connectivity index (χ0) is 16.1. The van der Waals surface area contributed by atoms with Gasteiger partial charge in [-0.2, -0.15) is 0 Å². The van der Waals surface area contributed by atoms with Crippen LogP contribution in [-0.2, 0) is 0 Å². The summed E-state index contributed by atoms with van der Waals surface area (Å²) >= 11 is 0. The van der Waals surface area contributed by atoms with E-state index in [-0.39, 0.29) is 12.6 Å². The molecule has 2 amide bonds. The van der Waals surface area contributed by atoms with Gasteiger partial charge in [0.15, 0.2) is 0 Å². The van der Waals surface area contributed by atoms with E-state index >= 15 is 0 Å². The maximum Gasteiger partial charge on any atom is 0.315 e. The van der Waals surface area contributed by atoms with Crippen LogP contribution in [0.25, 0.3) is 0 Å². The van der Waals surface area contributed by atoms with Crippen molar-refractivity contribution in [3.8, 4) is 0 Å². The van der Waals surface area contributed by atoms with E-state index in [4.69, 9.17) is 0 Å². The second kappa shape index (κ2) is 7.21. The molecule has 1 aliphatic heterocycles. The van der Waals surface area contributed by atoms with Crippen LogP contribution >= 0.6 is 0 Å². The van der Waals surface area contributed by atoms with E-state index in [9.17, 15) is 9.90 Å². The quantitative estimate of drug-likeness (QED) is 0.779. The minimum Gasteiger partial charge on any atom is -0.394 e. The average Bonchev–Trinajstić information content (AvgIpc) is 3.24. The number of rotatable bonds is 5. The first-order chi connectivity index (χ1) is 11.2. The predicted molar refractivity (Wildman–Crippen MR) is 91.6 cm³/mol. The molecule has 1 aliphatic carbocycles. The van der Waals surface area contributed by atoms with E-state index < -0.39 is 5.54 Å². The Labute approximate surface area is 138 Å². The standard InChI is InChI=1S/C18H27N3O2/c22-14-18(9-4-5-10-18)20-17(23)19-12-15-8-11-21(13-15)16-6-2-1-3-7-16/h1-3,6-7,15,22H,4-5,8-14H2,(H2,19,20,23). The molecule has 1 unspecified atom stereocenters. The first kappa shape index (κ1) is 16.1. The van der Waals surface area contributed by atoms with Crippen molar-refractivity contribution in [2.45, 2.75) is 37.6 Å². The first-order valence-corrected chi connectivity index (χ1v) is 8.68. The van der Waals surface area contributed by atoms with Gasteiger partial charge < -0.3 is 20.6 Å². The summed E-state index contributed by atoms with van der Waals surface area (Å²) in [5, 5.41) is 15.5. The lowest BCUT2D eigenvalue weighted by Gasteiger charge is -2.28. The molecule has 3 N–H and O–H groups in total. The molecule has 126 valence electrons. The van der Waals surface area contributed by atoms with Crippen molar-refractivity contribution in [2.75, 3.05) is 31.1 Å². The minimum absolute atomic E-state index is 0.0334. The van der Waals surface area contributed by atoms with E-state index in [2.05, 4.69) is 39.8 Å². The lowest BCUT2D eigenvalue weighted by molar-refractivity contribution is 0.162. The van der Waals surface area contributed by atoms with Gasteiger partial charge in [0, 0.05) is 25.3 Å². The Hall–Kier alpha value is -1.75. The Morgan fingerprint density at radius 1 is 1.26 bits per heavy atom. The van der Waals surface area contributed by atoms with Crippen LogP contribution in [0.3, 0.4) is 0 Å². The van der Waals surface area contributed by atoms with Crippen molar-refractivity contribution in [1.29, 1.82) is 0 Å². The topological polar surface area (TPSA) is 64.6 Å². The van der Waals surface area contributed by atoms with Crippen molar-refractivity contribution >= 4 is 11.7 Å². The number of carbonyl (C=O) groups excluding carboxylic acids is 1. The van der Waals surface area contributed by atoms with Gasteiger partial charge in [-0.25, -0.2) is 4.79 Å². The number of hydrogen-bond donors (Lipinski definition) is 3. The molecule has 23 heavy (non-hydrogen) atoms. The molecule has 1 atom stereocenters. The smallest absolute Gasteiger partial charge is 0.315 e. The molecule has 0 spiro atoms. The summed E-state index contributed by atoms with van der Waals surface area (Å²) in [6.45, 7) is 2.75. The van der Waals surface area contributed by atoms with Gasteiger partial charge in [0.1, 0.15) is 0 Å². The second-order valence-corrected chi connectivity index (χ2v) is 6.92. The summed E-state index contributed by atoms with van der Waals surface area (Å²) in [4.78, 5) is 14.5. The molecule has 2 fully saturated rings. The molecule has 1 saturated heterocycles. The number of hydrogen-bond acceptors (Lipinski definition) is 3. The maximum atomic E-state index is 12.1. The van der Waals surface area contributed by atoms with Crippen LogP contribution in [0.4, 0.5) is 10.5 Å². The molecule has 2 aliphatic rings. The number of anilines is 1.